The molecule has 1 heterocycles. The Morgan fingerprint density at radius 3 is 2.42 bits per heavy atom. The van der Waals surface area contributed by atoms with E-state index in [9.17, 15) is 4.79 Å². The van der Waals surface area contributed by atoms with Gasteiger partial charge in [-0.2, -0.15) is 0 Å². The second kappa shape index (κ2) is 6.79. The molecule has 0 spiro atoms. The van der Waals surface area contributed by atoms with Crippen molar-refractivity contribution in [2.75, 3.05) is 23.3 Å². The molecule has 3 aromatic rings. The van der Waals surface area contributed by atoms with Crippen LogP contribution in [0.15, 0.2) is 54.7 Å². The van der Waals surface area contributed by atoms with E-state index in [0.29, 0.717) is 5.56 Å². The van der Waals surface area contributed by atoms with Crippen LogP contribution in [0.2, 0.25) is 0 Å². The van der Waals surface area contributed by atoms with E-state index in [4.69, 9.17) is 0 Å². The van der Waals surface area contributed by atoms with E-state index < -0.39 is 0 Å². The number of nitrogens with one attached hydrogen (secondary N) is 1. The predicted molar refractivity (Wildman–Crippen MR) is 101 cm³/mol. The number of aryl methyl sites for hydroxylation is 1. The fourth-order valence-corrected chi connectivity index (χ4v) is 3.02. The fourth-order valence-electron chi connectivity index (χ4n) is 3.02. The fraction of sp³-hybridized carbons (Fsp3) is 0.250. The summed E-state index contributed by atoms with van der Waals surface area (Å²) in [5.41, 5.74) is 3.75. The van der Waals surface area contributed by atoms with Gasteiger partial charge in [-0.05, 0) is 56.3 Å². The van der Waals surface area contributed by atoms with Gasteiger partial charge in [0.2, 0.25) is 0 Å². The summed E-state index contributed by atoms with van der Waals surface area (Å²) in [6, 6.07) is 15.7. The van der Waals surface area contributed by atoms with Crippen LogP contribution < -0.4 is 10.2 Å². The molecule has 0 bridgehead atoms. The van der Waals surface area contributed by atoms with Gasteiger partial charge in [-0.25, -0.2) is 0 Å². The molecule has 1 aromatic heterocycles. The number of anilines is 2. The van der Waals surface area contributed by atoms with Gasteiger partial charge < -0.3 is 14.8 Å². The molecule has 2 aromatic carbocycles. The number of carbonyl (C=O) groups is 1. The lowest BCUT2D eigenvalue weighted by molar-refractivity contribution is 0.102. The van der Waals surface area contributed by atoms with Gasteiger partial charge in [0.25, 0.3) is 5.91 Å². The first kappa shape index (κ1) is 16.1. The molecule has 24 heavy (non-hydrogen) atoms. The van der Waals surface area contributed by atoms with Crippen molar-refractivity contribution >= 4 is 28.2 Å². The Balaban J connectivity index is 1.81. The zero-order chi connectivity index (χ0) is 17.1. The van der Waals surface area contributed by atoms with Gasteiger partial charge in [0.05, 0.1) is 5.69 Å². The minimum absolute atomic E-state index is 0.0857. The number of aromatic nitrogens is 1. The Bertz CT molecular complexity index is 845. The molecule has 3 rings (SSSR count). The molecule has 0 saturated carbocycles. The largest absolute Gasteiger partial charge is 0.372 e. The summed E-state index contributed by atoms with van der Waals surface area (Å²) in [7, 11) is 2.00. The van der Waals surface area contributed by atoms with Gasteiger partial charge in [-0.3, -0.25) is 4.79 Å². The lowest BCUT2D eigenvalue weighted by Gasteiger charge is -2.21. The van der Waals surface area contributed by atoms with Crippen LogP contribution in [0, 0.1) is 0 Å². The maximum atomic E-state index is 12.6. The highest BCUT2D eigenvalue weighted by Gasteiger charge is 2.10. The number of rotatable bonds is 5. The number of carbonyl (C=O) groups excluding carboxylic acids is 1. The van der Waals surface area contributed by atoms with Crippen molar-refractivity contribution in [2.24, 2.45) is 7.05 Å². The third kappa shape index (κ3) is 3.00. The summed E-state index contributed by atoms with van der Waals surface area (Å²) in [4.78, 5) is 14.8. The molecule has 1 N–H and O–H groups in total. The molecule has 0 unspecified atom stereocenters. The standard InChI is InChI=1S/C20H23N3O/c1-4-23(5-2)16-11-9-15(10-12-16)20(24)21-18-7-6-8-19-17(18)13-14-22(19)3/h6-14H,4-5H2,1-3H3,(H,21,24). The van der Waals surface area contributed by atoms with Gasteiger partial charge in [0.1, 0.15) is 0 Å². The van der Waals surface area contributed by atoms with E-state index in [0.717, 1.165) is 35.4 Å². The van der Waals surface area contributed by atoms with E-state index in [-0.39, 0.29) is 5.91 Å². The predicted octanol–water partition coefficient (Wildman–Crippen LogP) is 4.28. The average Bonchev–Trinajstić information content (AvgIpc) is 2.99. The van der Waals surface area contributed by atoms with Crippen molar-refractivity contribution in [3.05, 3.63) is 60.3 Å². The molecule has 0 saturated heterocycles. The monoisotopic (exact) mass is 321 g/mol. The van der Waals surface area contributed by atoms with Gasteiger partial charge in [-0.1, -0.05) is 6.07 Å². The Labute approximate surface area is 142 Å². The number of benzene rings is 2. The van der Waals surface area contributed by atoms with Crippen LogP contribution >= 0.6 is 0 Å². The van der Waals surface area contributed by atoms with Crippen LogP contribution in [-0.4, -0.2) is 23.6 Å². The van der Waals surface area contributed by atoms with Crippen molar-refractivity contribution in [1.29, 1.82) is 0 Å². The molecule has 1 amide bonds. The topological polar surface area (TPSA) is 37.3 Å². The first-order valence-electron chi connectivity index (χ1n) is 8.34. The molecule has 4 nitrogen and oxygen atoms in total. The van der Waals surface area contributed by atoms with Crippen LogP contribution in [0.1, 0.15) is 24.2 Å². The Morgan fingerprint density at radius 1 is 1.04 bits per heavy atom. The smallest absolute Gasteiger partial charge is 0.255 e. The van der Waals surface area contributed by atoms with Gasteiger partial charge in [-0.15, -0.1) is 0 Å². The van der Waals surface area contributed by atoms with Crippen LogP contribution in [0.25, 0.3) is 10.9 Å². The molecule has 4 heteroatoms. The summed E-state index contributed by atoms with van der Waals surface area (Å²) >= 11 is 0. The van der Waals surface area contributed by atoms with E-state index in [1.165, 1.54) is 0 Å². The van der Waals surface area contributed by atoms with Gasteiger partial charge >= 0.3 is 0 Å². The molecular weight excluding hydrogens is 298 g/mol. The van der Waals surface area contributed by atoms with Crippen LogP contribution in [0.3, 0.4) is 0 Å². The molecule has 0 atom stereocenters. The molecule has 0 fully saturated rings. The average molecular weight is 321 g/mol. The summed E-state index contributed by atoms with van der Waals surface area (Å²) in [5.74, 6) is -0.0857. The van der Waals surface area contributed by atoms with E-state index in [1.54, 1.807) is 0 Å². The molecule has 0 radical (unpaired) electrons. The number of amides is 1. The second-order valence-electron chi connectivity index (χ2n) is 5.84. The van der Waals surface area contributed by atoms with Crippen LogP contribution in [0.4, 0.5) is 11.4 Å². The van der Waals surface area contributed by atoms with Crippen molar-refractivity contribution in [2.45, 2.75) is 13.8 Å². The Morgan fingerprint density at radius 2 is 1.75 bits per heavy atom. The third-order valence-electron chi connectivity index (χ3n) is 4.43. The maximum Gasteiger partial charge on any atom is 0.255 e. The SMILES string of the molecule is CCN(CC)c1ccc(C(=O)Nc2cccc3c2ccn3C)cc1. The van der Waals surface area contributed by atoms with Crippen molar-refractivity contribution in [3.63, 3.8) is 0 Å². The molecule has 124 valence electrons. The summed E-state index contributed by atoms with van der Waals surface area (Å²) in [5, 5.41) is 4.07. The molecule has 0 aliphatic heterocycles. The van der Waals surface area contributed by atoms with E-state index in [2.05, 4.69) is 24.1 Å². The highest BCUT2D eigenvalue weighted by Crippen LogP contribution is 2.24. The maximum absolute atomic E-state index is 12.6. The summed E-state index contributed by atoms with van der Waals surface area (Å²) in [6.07, 6.45) is 2.00. The third-order valence-corrected chi connectivity index (χ3v) is 4.43. The Hall–Kier alpha value is -2.75. The highest BCUT2D eigenvalue weighted by molar-refractivity contribution is 6.09. The minimum atomic E-state index is -0.0857. The molecule has 0 aliphatic carbocycles. The summed E-state index contributed by atoms with van der Waals surface area (Å²) < 4.78 is 2.05. The van der Waals surface area contributed by atoms with Crippen molar-refractivity contribution in [1.82, 2.24) is 4.57 Å². The number of hydrogen-bond acceptors (Lipinski definition) is 2. The van der Waals surface area contributed by atoms with Gasteiger partial charge in [0.15, 0.2) is 0 Å². The zero-order valence-corrected chi connectivity index (χ0v) is 14.4. The number of fused-ring (bicyclic) bond motifs is 1. The van der Waals surface area contributed by atoms with E-state index >= 15 is 0 Å². The first-order chi connectivity index (χ1) is 11.6. The lowest BCUT2D eigenvalue weighted by atomic mass is 10.1. The normalized spacial score (nSPS) is 10.8. The van der Waals surface area contributed by atoms with Crippen molar-refractivity contribution in [3.8, 4) is 0 Å². The lowest BCUT2D eigenvalue weighted by Crippen LogP contribution is -2.21. The van der Waals surface area contributed by atoms with Crippen LogP contribution in [-0.2, 0) is 7.05 Å². The highest BCUT2D eigenvalue weighted by atomic mass is 16.1. The summed E-state index contributed by atoms with van der Waals surface area (Å²) in [6.45, 7) is 6.17. The second-order valence-corrected chi connectivity index (χ2v) is 5.84. The molecule has 0 aliphatic rings. The van der Waals surface area contributed by atoms with E-state index in [1.807, 2.05) is 66.3 Å². The number of hydrogen-bond donors (Lipinski definition) is 1. The van der Waals surface area contributed by atoms with Crippen molar-refractivity contribution < 1.29 is 4.79 Å². The Kier molecular flexibility index (Phi) is 4.56. The zero-order valence-electron chi connectivity index (χ0n) is 14.4. The first-order valence-corrected chi connectivity index (χ1v) is 8.34. The van der Waals surface area contributed by atoms with Crippen LogP contribution in [0.5, 0.6) is 0 Å². The minimum Gasteiger partial charge on any atom is -0.372 e. The molecular formula is C20H23N3O. The quantitative estimate of drug-likeness (QED) is 0.761. The van der Waals surface area contributed by atoms with Gasteiger partial charge in [0, 0.05) is 48.5 Å². The number of nitrogens with zero attached hydrogens (tertiary/aromatic N) is 2.